The molecule has 8 rings (SSSR count). The van der Waals surface area contributed by atoms with Crippen molar-refractivity contribution < 1.29 is 0 Å². The number of aromatic nitrogens is 4. The van der Waals surface area contributed by atoms with Crippen LogP contribution in [0.1, 0.15) is 0 Å². The number of rotatable bonds is 1. The van der Waals surface area contributed by atoms with E-state index in [9.17, 15) is 0 Å². The topological polar surface area (TPSA) is 35.6 Å². The molecule has 2 aromatic heterocycles. The number of hydrogen-bond acceptors (Lipinski definition) is 2. The number of fused-ring (bicyclic) bond motifs is 8. The Bertz CT molecular complexity index is 2080. The van der Waals surface area contributed by atoms with Crippen molar-refractivity contribution in [2.75, 3.05) is 0 Å². The number of aryl methyl sites for hydroxylation is 1. The van der Waals surface area contributed by atoms with E-state index < -0.39 is 0 Å². The van der Waals surface area contributed by atoms with Crippen molar-refractivity contribution in [1.82, 2.24) is 19.1 Å². The van der Waals surface area contributed by atoms with E-state index in [2.05, 4.69) is 113 Å². The fourth-order valence-electron chi connectivity index (χ4n) is 5.73. The Hall–Kier alpha value is -4.70. The van der Waals surface area contributed by atoms with Gasteiger partial charge in [0.05, 0.1) is 44.5 Å². The maximum Gasteiger partial charge on any atom is 0.113 e. The van der Waals surface area contributed by atoms with Gasteiger partial charge in [0, 0.05) is 28.6 Å². The molecule has 4 nitrogen and oxygen atoms in total. The van der Waals surface area contributed by atoms with Crippen LogP contribution in [0, 0.1) is 0 Å². The van der Waals surface area contributed by atoms with Gasteiger partial charge in [0.2, 0.25) is 0 Å². The Labute approximate surface area is 201 Å². The van der Waals surface area contributed by atoms with Crippen LogP contribution in [0.2, 0.25) is 0 Å². The Morgan fingerprint density at radius 2 is 1.23 bits per heavy atom. The SMILES string of the molecule is Cn1c2c3ccccc3nc-2c(-n2c3ccccc3c3nc4ccccc4cc32)c2ccccc21. The summed E-state index contributed by atoms with van der Waals surface area (Å²) in [6.45, 7) is 0. The van der Waals surface area contributed by atoms with Gasteiger partial charge in [0.25, 0.3) is 0 Å². The quantitative estimate of drug-likeness (QED) is 0.261. The van der Waals surface area contributed by atoms with Crippen molar-refractivity contribution in [2.45, 2.75) is 0 Å². The molecule has 4 heterocycles. The van der Waals surface area contributed by atoms with E-state index in [1.54, 1.807) is 0 Å². The largest absolute Gasteiger partial charge is 0.342 e. The minimum Gasteiger partial charge on any atom is -0.342 e. The number of pyridine rings is 2. The molecule has 0 atom stereocenters. The van der Waals surface area contributed by atoms with E-state index >= 15 is 0 Å². The van der Waals surface area contributed by atoms with Gasteiger partial charge in [-0.15, -0.1) is 0 Å². The molecule has 0 bridgehead atoms. The van der Waals surface area contributed by atoms with Crippen molar-refractivity contribution in [3.63, 3.8) is 0 Å². The molecular weight excluding hydrogens is 428 g/mol. The van der Waals surface area contributed by atoms with Crippen LogP contribution in [0.3, 0.4) is 0 Å². The Kier molecular flexibility index (Phi) is 3.56. The van der Waals surface area contributed by atoms with E-state index in [1.165, 1.54) is 16.3 Å². The predicted octanol–water partition coefficient (Wildman–Crippen LogP) is 7.48. The summed E-state index contributed by atoms with van der Waals surface area (Å²) >= 11 is 0. The van der Waals surface area contributed by atoms with Crippen LogP contribution >= 0.6 is 0 Å². The summed E-state index contributed by atoms with van der Waals surface area (Å²) in [6.07, 6.45) is 0. The summed E-state index contributed by atoms with van der Waals surface area (Å²) in [4.78, 5) is 10.3. The fourth-order valence-corrected chi connectivity index (χ4v) is 5.73. The first-order valence-corrected chi connectivity index (χ1v) is 11.8. The highest BCUT2D eigenvalue weighted by Gasteiger charge is 2.26. The van der Waals surface area contributed by atoms with Crippen molar-refractivity contribution in [2.24, 2.45) is 7.05 Å². The monoisotopic (exact) mass is 448 g/mol. The molecule has 4 heteroatoms. The minimum absolute atomic E-state index is 1.00. The summed E-state index contributed by atoms with van der Waals surface area (Å²) in [6, 6.07) is 36.2. The number of para-hydroxylation sites is 4. The number of nitrogens with zero attached hydrogens (tertiary/aromatic N) is 4. The standard InChI is InChI=1S/C31H20N4/c1-34-25-16-8-5-13-22(25)31(29-30(34)20-11-3-7-15-24(20)33-29)35-26-17-9-4-12-21(26)28-27(35)18-19-10-2-6-14-23(19)32-28/h2-18H,1H3. The van der Waals surface area contributed by atoms with Gasteiger partial charge in [-0.2, -0.15) is 0 Å². The van der Waals surface area contributed by atoms with E-state index in [0.717, 1.165) is 55.4 Å². The van der Waals surface area contributed by atoms with E-state index in [1.807, 2.05) is 6.07 Å². The van der Waals surface area contributed by atoms with Gasteiger partial charge < -0.3 is 9.13 Å². The third-order valence-electron chi connectivity index (χ3n) is 7.26. The molecule has 0 fully saturated rings. The van der Waals surface area contributed by atoms with Crippen LogP contribution in [0.25, 0.3) is 71.7 Å². The van der Waals surface area contributed by atoms with Gasteiger partial charge in [-0.1, -0.05) is 72.8 Å². The van der Waals surface area contributed by atoms with Crippen LogP contribution in [0.15, 0.2) is 103 Å². The van der Waals surface area contributed by atoms with Gasteiger partial charge in [-0.05, 0) is 30.3 Å². The first kappa shape index (κ1) is 18.7. The normalized spacial score (nSPS) is 12.1. The molecule has 0 amide bonds. The molecular formula is C31H20N4. The Morgan fingerprint density at radius 3 is 2.09 bits per heavy atom. The van der Waals surface area contributed by atoms with Crippen molar-refractivity contribution in [3.8, 4) is 17.1 Å². The lowest BCUT2D eigenvalue weighted by atomic mass is 10.1. The first-order valence-electron chi connectivity index (χ1n) is 11.8. The molecule has 0 saturated heterocycles. The van der Waals surface area contributed by atoms with Crippen LogP contribution in [0.4, 0.5) is 0 Å². The Morgan fingerprint density at radius 1 is 0.571 bits per heavy atom. The molecule has 2 aliphatic heterocycles. The second kappa shape index (κ2) is 6.67. The van der Waals surface area contributed by atoms with E-state index in [-0.39, 0.29) is 0 Å². The third-order valence-corrected chi connectivity index (χ3v) is 7.26. The van der Waals surface area contributed by atoms with E-state index in [0.29, 0.717) is 0 Å². The summed E-state index contributed by atoms with van der Waals surface area (Å²) in [7, 11) is 2.14. The highest BCUT2D eigenvalue weighted by Crippen LogP contribution is 2.43. The second-order valence-corrected chi connectivity index (χ2v) is 9.15. The zero-order valence-corrected chi connectivity index (χ0v) is 19.1. The summed E-state index contributed by atoms with van der Waals surface area (Å²) < 4.78 is 4.66. The third kappa shape index (κ3) is 2.40. The number of hydrogen-bond donors (Lipinski definition) is 0. The molecule has 164 valence electrons. The average Bonchev–Trinajstić information content (AvgIpc) is 3.44. The van der Waals surface area contributed by atoms with Gasteiger partial charge in [0.1, 0.15) is 5.69 Å². The maximum absolute atomic E-state index is 5.20. The van der Waals surface area contributed by atoms with Crippen molar-refractivity contribution in [1.29, 1.82) is 0 Å². The van der Waals surface area contributed by atoms with Crippen LogP contribution < -0.4 is 0 Å². The fraction of sp³-hybridized carbons (Fsp3) is 0.0323. The van der Waals surface area contributed by atoms with Gasteiger partial charge in [0.15, 0.2) is 0 Å². The molecule has 0 radical (unpaired) electrons. The van der Waals surface area contributed by atoms with Gasteiger partial charge in [-0.25, -0.2) is 9.97 Å². The van der Waals surface area contributed by atoms with Gasteiger partial charge >= 0.3 is 0 Å². The molecule has 0 unspecified atom stereocenters. The van der Waals surface area contributed by atoms with Crippen LogP contribution in [-0.4, -0.2) is 19.1 Å². The molecule has 0 N–H and O–H groups in total. The Balaban J connectivity index is 1.66. The molecule has 35 heavy (non-hydrogen) atoms. The molecule has 2 aliphatic rings. The molecule has 0 aliphatic carbocycles. The van der Waals surface area contributed by atoms with Crippen molar-refractivity contribution in [3.05, 3.63) is 103 Å². The summed E-state index contributed by atoms with van der Waals surface area (Å²) in [5, 5.41) is 4.61. The van der Waals surface area contributed by atoms with Crippen molar-refractivity contribution >= 4 is 54.6 Å². The molecule has 6 aromatic rings. The maximum atomic E-state index is 5.20. The molecule has 0 saturated carbocycles. The minimum atomic E-state index is 1.00. The zero-order valence-electron chi connectivity index (χ0n) is 19.1. The summed E-state index contributed by atoms with van der Waals surface area (Å²) in [5.41, 5.74) is 9.70. The first-order chi connectivity index (χ1) is 17.3. The van der Waals surface area contributed by atoms with Crippen LogP contribution in [-0.2, 0) is 7.05 Å². The molecule has 0 spiro atoms. The highest BCUT2D eigenvalue weighted by atomic mass is 15.1. The smallest absolute Gasteiger partial charge is 0.113 e. The second-order valence-electron chi connectivity index (χ2n) is 9.15. The lowest BCUT2D eigenvalue weighted by Crippen LogP contribution is -2.06. The lowest BCUT2D eigenvalue weighted by Gasteiger charge is -2.20. The summed E-state index contributed by atoms with van der Waals surface area (Å²) in [5.74, 6) is 0. The van der Waals surface area contributed by atoms with Gasteiger partial charge in [-0.3, -0.25) is 0 Å². The highest BCUT2D eigenvalue weighted by molar-refractivity contribution is 6.13. The zero-order chi connectivity index (χ0) is 23.1. The number of benzene rings is 4. The van der Waals surface area contributed by atoms with E-state index in [4.69, 9.17) is 9.97 Å². The molecule has 4 aromatic carbocycles. The average molecular weight is 449 g/mol. The predicted molar refractivity (Wildman–Crippen MR) is 144 cm³/mol. The van der Waals surface area contributed by atoms with Crippen LogP contribution in [0.5, 0.6) is 0 Å². The lowest BCUT2D eigenvalue weighted by molar-refractivity contribution is 0.960.